The molecule has 0 saturated heterocycles. The van der Waals surface area contributed by atoms with Gasteiger partial charge in [0.15, 0.2) is 0 Å². The van der Waals surface area contributed by atoms with Crippen molar-refractivity contribution >= 4 is 0 Å². The molecule has 0 heterocycles. The van der Waals surface area contributed by atoms with Crippen LogP contribution in [0.2, 0.25) is 0 Å². The average molecular weight is 311 g/mol. The van der Waals surface area contributed by atoms with Crippen molar-refractivity contribution in [3.63, 3.8) is 0 Å². The number of rotatable bonds is 10. The fourth-order valence-electron chi connectivity index (χ4n) is 3.07. The monoisotopic (exact) mass is 310 g/mol. The summed E-state index contributed by atoms with van der Waals surface area (Å²) in [6, 6.07) is 0. The zero-order chi connectivity index (χ0) is 17.9. The Kier molecular flexibility index (Phi) is 9.97. The van der Waals surface area contributed by atoms with Crippen LogP contribution in [0.5, 0.6) is 0 Å². The van der Waals surface area contributed by atoms with Gasteiger partial charge in [-0.3, -0.25) is 0 Å². The number of allylic oxidation sites excluding steroid dienone is 11. The molecule has 0 N–H and O–H groups in total. The summed E-state index contributed by atoms with van der Waals surface area (Å²) in [5.74, 6) is 0.245. The van der Waals surface area contributed by atoms with Gasteiger partial charge in [-0.05, 0) is 46.1 Å². The summed E-state index contributed by atoms with van der Waals surface area (Å²) in [5, 5.41) is 0. The molecular formula is C23H34. The highest BCUT2D eigenvalue weighted by Gasteiger charge is 2.27. The van der Waals surface area contributed by atoms with Gasteiger partial charge in [0.1, 0.15) is 0 Å². The molecule has 0 amide bonds. The Balaban J connectivity index is 6.55. The lowest BCUT2D eigenvalue weighted by atomic mass is 9.73. The largest absolute Gasteiger partial charge is 0.103 e. The van der Waals surface area contributed by atoms with Gasteiger partial charge in [-0.1, -0.05) is 73.3 Å². The second-order valence-corrected chi connectivity index (χ2v) is 5.93. The lowest BCUT2D eigenvalue weighted by molar-refractivity contribution is 0.689. The third-order valence-electron chi connectivity index (χ3n) is 4.10. The third kappa shape index (κ3) is 5.71. The highest BCUT2D eigenvalue weighted by Crippen LogP contribution is 2.40. The van der Waals surface area contributed by atoms with Crippen molar-refractivity contribution in [1.29, 1.82) is 0 Å². The molecule has 0 rings (SSSR count). The molecule has 0 fully saturated rings. The van der Waals surface area contributed by atoms with E-state index in [2.05, 4.69) is 90.8 Å². The van der Waals surface area contributed by atoms with E-state index in [4.69, 9.17) is 0 Å². The van der Waals surface area contributed by atoms with E-state index >= 15 is 0 Å². The van der Waals surface area contributed by atoms with Gasteiger partial charge < -0.3 is 0 Å². The highest BCUT2D eigenvalue weighted by molar-refractivity contribution is 5.46. The zero-order valence-corrected chi connectivity index (χ0v) is 15.7. The van der Waals surface area contributed by atoms with Crippen molar-refractivity contribution in [2.45, 2.75) is 47.5 Å². The average Bonchev–Trinajstić information content (AvgIpc) is 2.51. The quantitative estimate of drug-likeness (QED) is 0.292. The fourth-order valence-corrected chi connectivity index (χ4v) is 3.07. The van der Waals surface area contributed by atoms with Gasteiger partial charge in [-0.15, -0.1) is 13.2 Å². The van der Waals surface area contributed by atoms with Gasteiger partial charge >= 0.3 is 0 Å². The molecule has 0 aliphatic rings. The molecule has 0 heteroatoms. The zero-order valence-electron chi connectivity index (χ0n) is 15.7. The second-order valence-electron chi connectivity index (χ2n) is 5.93. The molecule has 0 aromatic carbocycles. The van der Waals surface area contributed by atoms with Crippen molar-refractivity contribution < 1.29 is 0 Å². The molecule has 1 unspecified atom stereocenters. The van der Waals surface area contributed by atoms with E-state index in [1.54, 1.807) is 0 Å². The first kappa shape index (κ1) is 21.2. The van der Waals surface area contributed by atoms with Gasteiger partial charge in [0.2, 0.25) is 0 Å². The minimum Gasteiger partial charge on any atom is -0.103 e. The molecule has 0 aliphatic carbocycles. The minimum absolute atomic E-state index is 0.212. The van der Waals surface area contributed by atoms with Gasteiger partial charge in [0.25, 0.3) is 0 Å². The molecule has 0 saturated carbocycles. The van der Waals surface area contributed by atoms with Gasteiger partial charge in [-0.2, -0.15) is 0 Å². The predicted molar refractivity (Wildman–Crippen MR) is 108 cm³/mol. The smallest absolute Gasteiger partial charge is 0.0456 e. The summed E-state index contributed by atoms with van der Waals surface area (Å²) in [6.45, 7) is 22.7. The molecule has 0 spiro atoms. The first-order chi connectivity index (χ1) is 10.9. The summed E-state index contributed by atoms with van der Waals surface area (Å²) < 4.78 is 0. The lowest BCUT2D eigenvalue weighted by Gasteiger charge is -2.31. The van der Waals surface area contributed by atoms with Crippen molar-refractivity contribution in [3.05, 3.63) is 85.1 Å². The number of hydrogen-bond acceptors (Lipinski definition) is 0. The Hall–Kier alpha value is -1.82. The van der Waals surface area contributed by atoms with Crippen LogP contribution in [-0.4, -0.2) is 0 Å². The van der Waals surface area contributed by atoms with Crippen molar-refractivity contribution in [1.82, 2.24) is 0 Å². The standard InChI is InChI=1S/C23H34/c1-9-14-18-23(16-11-3,17-12-4)20(8)22(19(6)7)21(13-5)15-10-2/h10-14,16-18,21H,2,5-6,9,15H2,1,3-4,7-8H3. The molecular weight excluding hydrogens is 276 g/mol. The summed E-state index contributed by atoms with van der Waals surface area (Å²) in [4.78, 5) is 0. The molecule has 0 aliphatic heterocycles. The van der Waals surface area contributed by atoms with Crippen LogP contribution in [0.3, 0.4) is 0 Å². The molecule has 0 bridgehead atoms. The maximum Gasteiger partial charge on any atom is 0.0456 e. The van der Waals surface area contributed by atoms with E-state index in [1.807, 2.05) is 12.2 Å². The fraction of sp³-hybridized carbons (Fsp3) is 0.391. The van der Waals surface area contributed by atoms with Crippen LogP contribution in [0.25, 0.3) is 0 Å². The van der Waals surface area contributed by atoms with E-state index in [9.17, 15) is 0 Å². The lowest BCUT2D eigenvalue weighted by Crippen LogP contribution is -2.18. The summed E-state index contributed by atoms with van der Waals surface area (Å²) in [5.41, 5.74) is 3.46. The molecule has 0 radical (unpaired) electrons. The van der Waals surface area contributed by atoms with Crippen LogP contribution < -0.4 is 0 Å². The summed E-state index contributed by atoms with van der Waals surface area (Å²) in [6.07, 6.45) is 19.1. The molecule has 0 aromatic rings. The van der Waals surface area contributed by atoms with Crippen LogP contribution in [0.4, 0.5) is 0 Å². The van der Waals surface area contributed by atoms with Crippen LogP contribution in [0.1, 0.15) is 47.5 Å². The van der Waals surface area contributed by atoms with Crippen LogP contribution in [0.15, 0.2) is 85.1 Å². The maximum atomic E-state index is 4.23. The molecule has 23 heavy (non-hydrogen) atoms. The van der Waals surface area contributed by atoms with E-state index in [0.29, 0.717) is 0 Å². The minimum atomic E-state index is -0.212. The van der Waals surface area contributed by atoms with Gasteiger partial charge in [0.05, 0.1) is 0 Å². The Morgan fingerprint density at radius 2 is 1.61 bits per heavy atom. The molecule has 0 aromatic heterocycles. The second kappa shape index (κ2) is 10.8. The summed E-state index contributed by atoms with van der Waals surface area (Å²) in [7, 11) is 0. The SMILES string of the molecule is C=CCC(C=C)C(C(=C)C)=C(C)C(C=CC)(C=CC)C=CCC. The van der Waals surface area contributed by atoms with E-state index in [-0.39, 0.29) is 11.3 Å². The Morgan fingerprint density at radius 1 is 1.04 bits per heavy atom. The number of hydrogen-bond donors (Lipinski definition) is 0. The van der Waals surface area contributed by atoms with Crippen LogP contribution >= 0.6 is 0 Å². The molecule has 0 nitrogen and oxygen atoms in total. The van der Waals surface area contributed by atoms with Crippen LogP contribution in [-0.2, 0) is 0 Å². The third-order valence-corrected chi connectivity index (χ3v) is 4.10. The first-order valence-corrected chi connectivity index (χ1v) is 8.49. The van der Waals surface area contributed by atoms with Gasteiger partial charge in [0, 0.05) is 11.3 Å². The van der Waals surface area contributed by atoms with Gasteiger partial charge in [-0.25, -0.2) is 0 Å². The Morgan fingerprint density at radius 3 is 1.96 bits per heavy atom. The normalized spacial score (nSPS) is 17.3. The van der Waals surface area contributed by atoms with Crippen molar-refractivity contribution in [2.24, 2.45) is 11.3 Å². The van der Waals surface area contributed by atoms with E-state index < -0.39 is 0 Å². The van der Waals surface area contributed by atoms with Crippen molar-refractivity contribution in [3.8, 4) is 0 Å². The predicted octanol–water partition coefficient (Wildman–Crippen LogP) is 7.36. The van der Waals surface area contributed by atoms with Crippen molar-refractivity contribution in [2.75, 3.05) is 0 Å². The first-order valence-electron chi connectivity index (χ1n) is 8.49. The molecule has 1 atom stereocenters. The highest BCUT2D eigenvalue weighted by atomic mass is 14.3. The Labute approximate surface area is 144 Å². The maximum absolute atomic E-state index is 4.23. The van der Waals surface area contributed by atoms with E-state index in [1.165, 1.54) is 11.1 Å². The molecule has 126 valence electrons. The topological polar surface area (TPSA) is 0 Å². The Bertz CT molecular complexity index is 508. The van der Waals surface area contributed by atoms with Crippen LogP contribution in [0, 0.1) is 11.3 Å². The van der Waals surface area contributed by atoms with E-state index in [0.717, 1.165) is 18.4 Å². The summed E-state index contributed by atoms with van der Waals surface area (Å²) >= 11 is 0.